The molecule has 15 heavy (non-hydrogen) atoms. The van der Waals surface area contributed by atoms with Crippen molar-refractivity contribution in [2.24, 2.45) is 5.92 Å². The molecule has 0 aliphatic carbocycles. The molecule has 3 heteroatoms. The molecule has 1 aliphatic heterocycles. The number of piperidine rings is 1. The van der Waals surface area contributed by atoms with E-state index in [-0.39, 0.29) is 0 Å². The second kappa shape index (κ2) is 6.46. The number of ether oxygens (including phenoxy) is 1. The lowest BCUT2D eigenvalue weighted by atomic mass is 10.0. The van der Waals surface area contributed by atoms with Gasteiger partial charge in [-0.05, 0) is 25.8 Å². The van der Waals surface area contributed by atoms with Gasteiger partial charge in [0.05, 0.1) is 6.10 Å². The van der Waals surface area contributed by atoms with E-state index in [9.17, 15) is 0 Å². The Morgan fingerprint density at radius 2 is 1.93 bits per heavy atom. The number of likely N-dealkylation sites (tertiary alicyclic amines) is 1. The van der Waals surface area contributed by atoms with Crippen LogP contribution in [0.5, 0.6) is 0 Å². The summed E-state index contributed by atoms with van der Waals surface area (Å²) in [4.78, 5) is 2.55. The Morgan fingerprint density at radius 3 is 2.33 bits per heavy atom. The second-order valence-corrected chi connectivity index (χ2v) is 4.87. The molecule has 90 valence electrons. The Bertz CT molecular complexity index is 165. The van der Waals surface area contributed by atoms with Gasteiger partial charge in [0.1, 0.15) is 0 Å². The number of hydrogen-bond donors (Lipinski definition) is 1. The van der Waals surface area contributed by atoms with Gasteiger partial charge in [-0.3, -0.25) is 0 Å². The number of nitrogens with zero attached hydrogens (tertiary/aromatic N) is 1. The molecule has 0 aromatic carbocycles. The number of hydrogen-bond acceptors (Lipinski definition) is 3. The molecule has 0 amide bonds. The molecule has 0 unspecified atom stereocenters. The fourth-order valence-corrected chi connectivity index (χ4v) is 2.24. The number of nitrogens with one attached hydrogen (secondary N) is 1. The summed E-state index contributed by atoms with van der Waals surface area (Å²) in [5.74, 6) is 0.704. The lowest BCUT2D eigenvalue weighted by Gasteiger charge is -2.34. The SMILES string of the molecule is CN[C@H](CN1CCC(OC)CC1)C(C)C. The third-order valence-corrected chi connectivity index (χ3v) is 3.50. The van der Waals surface area contributed by atoms with Crippen LogP contribution in [0.15, 0.2) is 0 Å². The summed E-state index contributed by atoms with van der Waals surface area (Å²) in [5, 5.41) is 3.40. The highest BCUT2D eigenvalue weighted by atomic mass is 16.5. The van der Waals surface area contributed by atoms with Gasteiger partial charge in [0.2, 0.25) is 0 Å². The van der Waals surface area contributed by atoms with Crippen molar-refractivity contribution in [1.82, 2.24) is 10.2 Å². The van der Waals surface area contributed by atoms with Gasteiger partial charge in [-0.1, -0.05) is 13.8 Å². The first-order valence-corrected chi connectivity index (χ1v) is 6.09. The molecule has 0 radical (unpaired) electrons. The van der Waals surface area contributed by atoms with E-state index in [1.165, 1.54) is 32.5 Å². The summed E-state index contributed by atoms with van der Waals surface area (Å²) in [6, 6.07) is 0.615. The topological polar surface area (TPSA) is 24.5 Å². The highest BCUT2D eigenvalue weighted by molar-refractivity contribution is 4.78. The fraction of sp³-hybridized carbons (Fsp3) is 1.00. The molecular formula is C12H26N2O. The molecule has 3 nitrogen and oxygen atoms in total. The summed E-state index contributed by atoms with van der Waals surface area (Å²) in [5.41, 5.74) is 0. The van der Waals surface area contributed by atoms with Crippen molar-refractivity contribution in [3.8, 4) is 0 Å². The van der Waals surface area contributed by atoms with Crippen molar-refractivity contribution in [2.75, 3.05) is 33.8 Å². The van der Waals surface area contributed by atoms with Crippen molar-refractivity contribution >= 4 is 0 Å². The number of methoxy groups -OCH3 is 1. The molecule has 0 spiro atoms. The van der Waals surface area contributed by atoms with Crippen molar-refractivity contribution in [3.63, 3.8) is 0 Å². The van der Waals surface area contributed by atoms with Crippen LogP contribution < -0.4 is 5.32 Å². The minimum atomic E-state index is 0.494. The maximum atomic E-state index is 5.38. The average molecular weight is 214 g/mol. The van der Waals surface area contributed by atoms with E-state index in [2.05, 4.69) is 31.1 Å². The highest BCUT2D eigenvalue weighted by Gasteiger charge is 2.21. The molecule has 1 N–H and O–H groups in total. The van der Waals surface area contributed by atoms with Crippen LogP contribution in [0.2, 0.25) is 0 Å². The maximum Gasteiger partial charge on any atom is 0.0595 e. The molecule has 0 aromatic heterocycles. The van der Waals surface area contributed by atoms with Gasteiger partial charge in [0.15, 0.2) is 0 Å². The summed E-state index contributed by atoms with van der Waals surface area (Å²) < 4.78 is 5.38. The molecule has 1 saturated heterocycles. The van der Waals surface area contributed by atoms with E-state index in [0.717, 1.165) is 0 Å². The Kier molecular flexibility index (Phi) is 5.58. The summed E-state index contributed by atoms with van der Waals surface area (Å²) in [6.45, 7) is 8.10. The van der Waals surface area contributed by atoms with Crippen LogP contribution >= 0.6 is 0 Å². The molecule has 0 saturated carbocycles. The lowest BCUT2D eigenvalue weighted by molar-refractivity contribution is 0.0371. The van der Waals surface area contributed by atoms with E-state index >= 15 is 0 Å². The third kappa shape index (κ3) is 4.09. The number of rotatable bonds is 5. The lowest BCUT2D eigenvalue weighted by Crippen LogP contribution is -2.46. The van der Waals surface area contributed by atoms with Gasteiger partial charge < -0.3 is 15.0 Å². The van der Waals surface area contributed by atoms with Crippen LogP contribution in [0.4, 0.5) is 0 Å². The monoisotopic (exact) mass is 214 g/mol. The summed E-state index contributed by atoms with van der Waals surface area (Å²) in [7, 11) is 3.89. The first-order valence-electron chi connectivity index (χ1n) is 6.09. The van der Waals surface area contributed by atoms with E-state index in [1.807, 2.05) is 7.11 Å². The van der Waals surface area contributed by atoms with Crippen LogP contribution in [0, 0.1) is 5.92 Å². The van der Waals surface area contributed by atoms with E-state index in [1.54, 1.807) is 0 Å². The molecule has 1 heterocycles. The molecule has 1 aliphatic rings. The Labute approximate surface area is 94.2 Å². The Morgan fingerprint density at radius 1 is 1.33 bits per heavy atom. The van der Waals surface area contributed by atoms with Crippen molar-refractivity contribution in [3.05, 3.63) is 0 Å². The van der Waals surface area contributed by atoms with Crippen LogP contribution in [0.1, 0.15) is 26.7 Å². The zero-order valence-electron chi connectivity index (χ0n) is 10.6. The first kappa shape index (κ1) is 12.9. The van der Waals surface area contributed by atoms with Gasteiger partial charge in [0.25, 0.3) is 0 Å². The summed E-state index contributed by atoms with van der Waals surface area (Å²) >= 11 is 0. The van der Waals surface area contributed by atoms with E-state index in [4.69, 9.17) is 4.74 Å². The predicted octanol–water partition coefficient (Wildman–Crippen LogP) is 1.34. The predicted molar refractivity (Wildman–Crippen MR) is 64.2 cm³/mol. The summed E-state index contributed by atoms with van der Waals surface area (Å²) in [6.07, 6.45) is 2.86. The molecule has 0 aromatic rings. The normalized spacial score (nSPS) is 22.2. The molecule has 1 fully saturated rings. The average Bonchev–Trinajstić information content (AvgIpc) is 2.26. The van der Waals surface area contributed by atoms with Crippen molar-refractivity contribution in [1.29, 1.82) is 0 Å². The largest absolute Gasteiger partial charge is 0.381 e. The zero-order valence-corrected chi connectivity index (χ0v) is 10.6. The van der Waals surface area contributed by atoms with Crippen molar-refractivity contribution < 1.29 is 4.74 Å². The molecule has 0 bridgehead atoms. The van der Waals surface area contributed by atoms with Crippen molar-refractivity contribution in [2.45, 2.75) is 38.8 Å². The Balaban J connectivity index is 2.28. The van der Waals surface area contributed by atoms with Crippen LogP contribution in [0.25, 0.3) is 0 Å². The zero-order chi connectivity index (χ0) is 11.3. The minimum Gasteiger partial charge on any atom is -0.381 e. The van der Waals surface area contributed by atoms with Gasteiger partial charge >= 0.3 is 0 Å². The van der Waals surface area contributed by atoms with Gasteiger partial charge in [0, 0.05) is 32.8 Å². The van der Waals surface area contributed by atoms with Crippen LogP contribution in [-0.4, -0.2) is 50.8 Å². The van der Waals surface area contributed by atoms with E-state index < -0.39 is 0 Å². The molecular weight excluding hydrogens is 188 g/mol. The third-order valence-electron chi connectivity index (χ3n) is 3.50. The van der Waals surface area contributed by atoms with Crippen LogP contribution in [-0.2, 0) is 4.74 Å². The molecule has 1 rings (SSSR count). The van der Waals surface area contributed by atoms with Gasteiger partial charge in [-0.25, -0.2) is 0 Å². The highest BCUT2D eigenvalue weighted by Crippen LogP contribution is 2.14. The second-order valence-electron chi connectivity index (χ2n) is 4.87. The Hall–Kier alpha value is -0.120. The molecule has 1 atom stereocenters. The smallest absolute Gasteiger partial charge is 0.0595 e. The van der Waals surface area contributed by atoms with Crippen LogP contribution in [0.3, 0.4) is 0 Å². The quantitative estimate of drug-likeness (QED) is 0.747. The minimum absolute atomic E-state index is 0.494. The van der Waals surface area contributed by atoms with Gasteiger partial charge in [-0.2, -0.15) is 0 Å². The standard InChI is InChI=1S/C12H26N2O/c1-10(2)12(13-3)9-14-7-5-11(15-4)6-8-14/h10-13H,5-9H2,1-4H3/t12-/m1/s1. The maximum absolute atomic E-state index is 5.38. The first-order chi connectivity index (χ1) is 7.17. The number of likely N-dealkylation sites (N-methyl/N-ethyl adjacent to an activating group) is 1. The van der Waals surface area contributed by atoms with E-state index in [0.29, 0.717) is 18.1 Å². The van der Waals surface area contributed by atoms with Gasteiger partial charge in [-0.15, -0.1) is 0 Å². The fourth-order valence-electron chi connectivity index (χ4n) is 2.24.